The Kier molecular flexibility index (Phi) is 6.91. The van der Waals surface area contributed by atoms with Crippen molar-refractivity contribution >= 4 is 58.2 Å². The zero-order valence-electron chi connectivity index (χ0n) is 15.1. The van der Waals surface area contributed by atoms with Crippen molar-refractivity contribution in [2.24, 2.45) is 5.10 Å². The maximum atomic E-state index is 12.1. The molecule has 3 aromatic rings. The van der Waals surface area contributed by atoms with E-state index >= 15 is 0 Å². The number of hydrogen-bond acceptors (Lipinski definition) is 8. The fraction of sp³-hybridized carbons (Fsp3) is 0.118. The number of carbonyl (C=O) groups excluding carboxylic acids is 1. The molecule has 0 aliphatic carbocycles. The van der Waals surface area contributed by atoms with Crippen LogP contribution in [0, 0.1) is 0 Å². The van der Waals surface area contributed by atoms with Crippen LogP contribution in [0.25, 0.3) is 0 Å². The van der Waals surface area contributed by atoms with Crippen LogP contribution in [0.2, 0.25) is 10.0 Å². The Bertz CT molecular complexity index is 1020. The first-order valence-electron chi connectivity index (χ1n) is 8.22. The summed E-state index contributed by atoms with van der Waals surface area (Å²) in [5, 5.41) is 16.0. The molecule has 29 heavy (non-hydrogen) atoms. The second kappa shape index (κ2) is 9.59. The van der Waals surface area contributed by atoms with Gasteiger partial charge in [0.15, 0.2) is 0 Å². The number of hydrazone groups is 1. The van der Waals surface area contributed by atoms with E-state index in [0.29, 0.717) is 20.9 Å². The van der Waals surface area contributed by atoms with E-state index in [-0.39, 0.29) is 17.6 Å². The predicted octanol–water partition coefficient (Wildman–Crippen LogP) is 3.26. The van der Waals surface area contributed by atoms with Gasteiger partial charge in [-0.1, -0.05) is 35.0 Å². The number of amides is 1. The molecule has 0 aliphatic rings. The zero-order valence-corrected chi connectivity index (χ0v) is 17.5. The van der Waals surface area contributed by atoms with Crippen LogP contribution >= 0.6 is 35.0 Å². The van der Waals surface area contributed by atoms with Crippen LogP contribution in [0.3, 0.4) is 0 Å². The Balaban J connectivity index is 1.57. The third kappa shape index (κ3) is 5.83. The van der Waals surface area contributed by atoms with Gasteiger partial charge in [-0.25, -0.2) is 10.1 Å². The van der Waals surface area contributed by atoms with Crippen molar-refractivity contribution in [1.29, 1.82) is 0 Å². The number of anilines is 2. The van der Waals surface area contributed by atoms with Gasteiger partial charge in [-0.05, 0) is 37.3 Å². The smallest absolute Gasteiger partial charge is 0.264 e. The summed E-state index contributed by atoms with van der Waals surface area (Å²) >= 11 is 13.0. The maximum Gasteiger partial charge on any atom is 0.264 e. The molecule has 0 spiro atoms. The molecule has 12 heteroatoms. The maximum absolute atomic E-state index is 12.1. The van der Waals surface area contributed by atoms with E-state index in [1.807, 2.05) is 19.1 Å². The molecule has 1 amide bonds. The monoisotopic (exact) mass is 450 g/mol. The lowest BCUT2D eigenvalue weighted by Gasteiger charge is -2.06. The molecule has 2 aromatic heterocycles. The van der Waals surface area contributed by atoms with Gasteiger partial charge in [0.2, 0.25) is 11.1 Å². The molecular weight excluding hydrogens is 435 g/mol. The fourth-order valence-electron chi connectivity index (χ4n) is 2.20. The third-order valence-electron chi connectivity index (χ3n) is 3.56. The molecule has 1 aromatic carbocycles. The number of nitrogens with zero attached hydrogens (tertiary/aromatic N) is 5. The molecule has 0 bridgehead atoms. The number of nitrogens with one attached hydrogen (secondary N) is 2. The van der Waals surface area contributed by atoms with Crippen LogP contribution in [-0.2, 0) is 4.79 Å². The van der Waals surface area contributed by atoms with Gasteiger partial charge in [0, 0.05) is 33.7 Å². The summed E-state index contributed by atoms with van der Waals surface area (Å²) < 4.78 is 1.22. The van der Waals surface area contributed by atoms with E-state index in [4.69, 9.17) is 29.0 Å². The second-order valence-corrected chi connectivity index (χ2v) is 7.53. The fourth-order valence-corrected chi connectivity index (χ4v) is 3.38. The number of nitrogen functional groups attached to an aromatic ring is 1. The Morgan fingerprint density at radius 1 is 1.21 bits per heavy atom. The number of nitrogens with two attached hydrogens (primary N) is 1. The lowest BCUT2D eigenvalue weighted by atomic mass is 10.2. The van der Waals surface area contributed by atoms with Gasteiger partial charge in [0.05, 0.1) is 11.5 Å². The van der Waals surface area contributed by atoms with E-state index < -0.39 is 0 Å². The topological polar surface area (TPSA) is 123 Å². The average molecular weight is 451 g/mol. The van der Waals surface area contributed by atoms with Gasteiger partial charge in [0.25, 0.3) is 5.95 Å². The molecule has 4 N–H and O–H groups in total. The zero-order chi connectivity index (χ0) is 20.8. The molecule has 0 aliphatic heterocycles. The van der Waals surface area contributed by atoms with Gasteiger partial charge in [-0.15, -0.1) is 10.2 Å². The number of carbonyl (C=O) groups is 1. The van der Waals surface area contributed by atoms with Crippen LogP contribution in [0.4, 0.5) is 11.6 Å². The van der Waals surface area contributed by atoms with E-state index in [1.165, 1.54) is 4.68 Å². The molecule has 3 rings (SSSR count). The van der Waals surface area contributed by atoms with E-state index in [1.54, 1.807) is 30.6 Å². The highest BCUT2D eigenvalue weighted by Gasteiger charge is 2.13. The number of thioether (sulfide) groups is 1. The Morgan fingerprint density at radius 2 is 1.90 bits per heavy atom. The molecule has 0 atom stereocenters. The van der Waals surface area contributed by atoms with Crippen molar-refractivity contribution in [3.8, 4) is 0 Å². The molecular formula is C17H16Cl2N8OS. The summed E-state index contributed by atoms with van der Waals surface area (Å²) in [6.45, 7) is 1.83. The standard InChI is InChI=1S/C17H16Cl2N8OS/c1-10(11-2-4-21-5-3-11)23-24-16-25-26-17(27(16)20)29-9-15(28)22-14-7-12(18)6-13(19)8-14/h2-8H,9,20H2,1H3,(H,22,28)(H,24,25)/b23-10+. The van der Waals surface area contributed by atoms with Crippen molar-refractivity contribution in [1.82, 2.24) is 19.9 Å². The largest absolute Gasteiger partial charge is 0.334 e. The normalized spacial score (nSPS) is 11.3. The highest BCUT2D eigenvalue weighted by molar-refractivity contribution is 7.99. The molecule has 0 saturated carbocycles. The minimum absolute atomic E-state index is 0.0682. The lowest BCUT2D eigenvalue weighted by molar-refractivity contribution is -0.113. The molecule has 0 fully saturated rings. The summed E-state index contributed by atoms with van der Waals surface area (Å²) in [6.07, 6.45) is 3.36. The minimum atomic E-state index is -0.266. The van der Waals surface area contributed by atoms with Crippen LogP contribution in [0.5, 0.6) is 0 Å². The van der Waals surface area contributed by atoms with Crippen LogP contribution in [-0.4, -0.2) is 37.2 Å². The van der Waals surface area contributed by atoms with Crippen LogP contribution < -0.4 is 16.6 Å². The van der Waals surface area contributed by atoms with Crippen LogP contribution in [0.1, 0.15) is 12.5 Å². The quantitative estimate of drug-likeness (QED) is 0.218. The Labute approximate surface area is 180 Å². The Hall–Kier alpha value is -2.82. The summed E-state index contributed by atoms with van der Waals surface area (Å²) in [5.74, 6) is 6.01. The molecule has 0 unspecified atom stereocenters. The van der Waals surface area contributed by atoms with Crippen LogP contribution in [0.15, 0.2) is 53.0 Å². The predicted molar refractivity (Wildman–Crippen MR) is 116 cm³/mol. The van der Waals surface area contributed by atoms with E-state index in [0.717, 1.165) is 23.0 Å². The van der Waals surface area contributed by atoms with E-state index in [9.17, 15) is 4.79 Å². The van der Waals surface area contributed by atoms with Crippen molar-refractivity contribution in [2.45, 2.75) is 12.1 Å². The molecule has 9 nitrogen and oxygen atoms in total. The highest BCUT2D eigenvalue weighted by atomic mass is 35.5. The van der Waals surface area contributed by atoms with Crippen molar-refractivity contribution in [3.63, 3.8) is 0 Å². The number of hydrogen-bond donors (Lipinski definition) is 3. The van der Waals surface area contributed by atoms with Gasteiger partial charge in [0.1, 0.15) is 0 Å². The van der Waals surface area contributed by atoms with Gasteiger partial charge in [-0.3, -0.25) is 9.78 Å². The second-order valence-electron chi connectivity index (χ2n) is 5.72. The first kappa shape index (κ1) is 20.9. The highest BCUT2D eigenvalue weighted by Crippen LogP contribution is 2.23. The third-order valence-corrected chi connectivity index (χ3v) is 4.94. The Morgan fingerprint density at radius 3 is 2.59 bits per heavy atom. The van der Waals surface area contributed by atoms with Crippen molar-refractivity contribution in [3.05, 3.63) is 58.3 Å². The number of pyridine rings is 1. The molecule has 0 saturated heterocycles. The number of aromatic nitrogens is 4. The van der Waals surface area contributed by atoms with E-state index in [2.05, 4.69) is 31.0 Å². The summed E-state index contributed by atoms with van der Waals surface area (Å²) in [4.78, 5) is 16.1. The SMILES string of the molecule is C/C(=N\Nc1nnc(SCC(=O)Nc2cc(Cl)cc(Cl)c2)n1N)c1ccncc1. The van der Waals surface area contributed by atoms with Gasteiger partial charge >= 0.3 is 0 Å². The minimum Gasteiger partial charge on any atom is -0.334 e. The lowest BCUT2D eigenvalue weighted by Crippen LogP contribution is -2.17. The first-order chi connectivity index (χ1) is 13.9. The molecule has 0 radical (unpaired) electrons. The number of halogens is 2. The summed E-state index contributed by atoms with van der Waals surface area (Å²) in [6, 6.07) is 8.46. The average Bonchev–Trinajstić information content (AvgIpc) is 3.04. The molecule has 2 heterocycles. The van der Waals surface area contributed by atoms with Gasteiger partial charge in [-0.2, -0.15) is 5.10 Å². The molecule has 150 valence electrons. The number of rotatable bonds is 7. The summed E-state index contributed by atoms with van der Waals surface area (Å²) in [5.41, 5.74) is 4.90. The van der Waals surface area contributed by atoms with Gasteiger partial charge < -0.3 is 11.2 Å². The number of benzene rings is 1. The van der Waals surface area contributed by atoms with Crippen molar-refractivity contribution in [2.75, 3.05) is 22.3 Å². The summed E-state index contributed by atoms with van der Waals surface area (Å²) in [7, 11) is 0. The first-order valence-corrected chi connectivity index (χ1v) is 9.96. The van der Waals surface area contributed by atoms with Crippen molar-refractivity contribution < 1.29 is 4.79 Å².